The zero-order chi connectivity index (χ0) is 23.1. The van der Waals surface area contributed by atoms with Gasteiger partial charge in [-0.3, -0.25) is 14.4 Å². The van der Waals surface area contributed by atoms with Crippen LogP contribution in [0.4, 0.5) is 13.2 Å². The van der Waals surface area contributed by atoms with E-state index in [1.165, 1.54) is 23.2 Å². The summed E-state index contributed by atoms with van der Waals surface area (Å²) in [7, 11) is 0. The van der Waals surface area contributed by atoms with Crippen molar-refractivity contribution in [2.45, 2.75) is 18.6 Å². The number of carboxylic acid groups (broad SMARTS) is 2. The molecule has 1 saturated heterocycles. The van der Waals surface area contributed by atoms with Crippen LogP contribution in [0.1, 0.15) is 23.6 Å². The Hall–Kier alpha value is -3.40. The van der Waals surface area contributed by atoms with Gasteiger partial charge >= 0.3 is 18.1 Å². The summed E-state index contributed by atoms with van der Waals surface area (Å²) in [5.74, 6) is -6.42. The second-order valence-electron chi connectivity index (χ2n) is 7.05. The fraction of sp³-hybridized carbons (Fsp3) is 0.286. The van der Waals surface area contributed by atoms with Gasteiger partial charge in [0.25, 0.3) is 0 Å². The first-order valence-electron chi connectivity index (χ1n) is 9.24. The molecule has 2 heterocycles. The first-order valence-corrected chi connectivity index (χ1v) is 9.24. The number of halogens is 3. The zero-order valence-electron chi connectivity index (χ0n) is 16.2. The highest BCUT2D eigenvalue weighted by Gasteiger charge is 2.53. The van der Waals surface area contributed by atoms with E-state index in [4.69, 9.17) is 0 Å². The molecule has 164 valence electrons. The van der Waals surface area contributed by atoms with E-state index in [0.717, 1.165) is 23.2 Å². The summed E-state index contributed by atoms with van der Waals surface area (Å²) in [6.45, 7) is 6.93. The van der Waals surface area contributed by atoms with Gasteiger partial charge in [-0.15, -0.1) is 13.2 Å². The van der Waals surface area contributed by atoms with Crippen LogP contribution in [0.2, 0.25) is 0 Å². The lowest BCUT2D eigenvalue weighted by Gasteiger charge is -2.30. The third-order valence-electron chi connectivity index (χ3n) is 5.36. The molecule has 1 aromatic rings. The molecule has 0 aliphatic carbocycles. The van der Waals surface area contributed by atoms with Gasteiger partial charge in [-0.25, -0.2) is 10.0 Å². The monoisotopic (exact) mass is 436 g/mol. The molecule has 0 spiro atoms. The Kier molecular flexibility index (Phi) is 5.77. The molecular weight excluding hydrogens is 417 g/mol. The zero-order valence-corrected chi connectivity index (χ0v) is 16.2. The average Bonchev–Trinajstić information content (AvgIpc) is 3.20. The van der Waals surface area contributed by atoms with E-state index in [1.54, 1.807) is 0 Å². The van der Waals surface area contributed by atoms with Crippen LogP contribution in [0, 0.1) is 11.8 Å². The Morgan fingerprint density at radius 2 is 1.68 bits per heavy atom. The molecule has 1 amide bonds. The highest BCUT2D eigenvalue weighted by molar-refractivity contribution is 5.86. The molecule has 2 N–H and O–H groups in total. The van der Waals surface area contributed by atoms with Crippen molar-refractivity contribution >= 4 is 17.8 Å². The molecule has 31 heavy (non-hydrogen) atoms. The highest BCUT2D eigenvalue weighted by atomic mass is 19.4. The maximum absolute atomic E-state index is 13.8. The number of carboxylic acids is 2. The quantitative estimate of drug-likeness (QED) is 0.637. The van der Waals surface area contributed by atoms with Gasteiger partial charge < -0.3 is 10.2 Å². The van der Waals surface area contributed by atoms with Crippen LogP contribution >= 0.6 is 0 Å². The molecule has 0 radical (unpaired) electrons. The van der Waals surface area contributed by atoms with Gasteiger partial charge in [-0.05, 0) is 17.2 Å². The fourth-order valence-electron chi connectivity index (χ4n) is 4.15. The fourth-order valence-corrected chi connectivity index (χ4v) is 4.15. The predicted molar refractivity (Wildman–Crippen MR) is 102 cm³/mol. The largest absolute Gasteiger partial charge is 0.481 e. The lowest BCUT2D eigenvalue weighted by molar-refractivity contribution is -0.142. The third-order valence-corrected chi connectivity index (χ3v) is 5.36. The Balaban J connectivity index is 2.39. The Morgan fingerprint density at radius 1 is 1.10 bits per heavy atom. The summed E-state index contributed by atoms with van der Waals surface area (Å²) < 4.78 is 41.3. The second-order valence-corrected chi connectivity index (χ2v) is 7.05. The van der Waals surface area contributed by atoms with Gasteiger partial charge in [0.1, 0.15) is 5.92 Å². The number of aliphatic carboxylic acids is 2. The van der Waals surface area contributed by atoms with Crippen LogP contribution in [0.3, 0.4) is 0 Å². The molecule has 2 aliphatic heterocycles. The number of hydrogen-bond acceptors (Lipinski definition) is 4. The normalized spacial score (nSPS) is 21.1. The summed E-state index contributed by atoms with van der Waals surface area (Å²) in [6.07, 6.45) is -2.79. The molecule has 2 aliphatic rings. The topological polar surface area (TPSA) is 98.1 Å². The average molecular weight is 436 g/mol. The van der Waals surface area contributed by atoms with Crippen LogP contribution in [-0.4, -0.2) is 44.6 Å². The minimum Gasteiger partial charge on any atom is -0.481 e. The van der Waals surface area contributed by atoms with Crippen molar-refractivity contribution in [1.82, 2.24) is 10.0 Å². The maximum atomic E-state index is 13.8. The van der Waals surface area contributed by atoms with Gasteiger partial charge in [0.15, 0.2) is 0 Å². The van der Waals surface area contributed by atoms with Crippen molar-refractivity contribution in [2.75, 3.05) is 6.54 Å². The minimum atomic E-state index is -4.75. The van der Waals surface area contributed by atoms with Crippen LogP contribution in [0.15, 0.2) is 60.8 Å². The Bertz CT molecular complexity index is 1000. The van der Waals surface area contributed by atoms with E-state index < -0.39 is 47.5 Å². The summed E-state index contributed by atoms with van der Waals surface area (Å²) in [6, 6.07) is 3.31. The first-order chi connectivity index (χ1) is 14.5. The van der Waals surface area contributed by atoms with Gasteiger partial charge in [-0.1, -0.05) is 30.4 Å². The predicted octanol–water partition coefficient (Wildman–Crippen LogP) is 3.24. The number of benzene rings is 1. The highest BCUT2D eigenvalue weighted by Crippen LogP contribution is 2.51. The standard InChI is InChI=1S/C21H19F3N2O5/c1-3-11(19(28)29)16-17(13-7-5-6-8-14(13)21(22,23)24)25-10-9-15(27)26(25)18(16)12(4-2)20(30)31/h3-8,11-12,17H,1-2,9-10H2,(H,28,29)(H,30,31). The molecule has 3 rings (SSSR count). The van der Waals surface area contributed by atoms with E-state index in [1.807, 2.05) is 0 Å². The van der Waals surface area contributed by atoms with Crippen molar-refractivity contribution in [3.63, 3.8) is 0 Å². The lowest BCUT2D eigenvalue weighted by Crippen LogP contribution is -2.38. The summed E-state index contributed by atoms with van der Waals surface area (Å²) in [4.78, 5) is 36.5. The molecule has 0 aromatic heterocycles. The molecule has 3 atom stereocenters. The third kappa shape index (κ3) is 3.63. The molecule has 3 unspecified atom stereocenters. The second kappa shape index (κ2) is 8.03. The molecule has 7 nitrogen and oxygen atoms in total. The van der Waals surface area contributed by atoms with Crippen LogP contribution < -0.4 is 0 Å². The van der Waals surface area contributed by atoms with E-state index in [0.29, 0.717) is 0 Å². The van der Waals surface area contributed by atoms with Crippen LogP contribution in [-0.2, 0) is 20.6 Å². The number of hydrazine groups is 1. The number of carbonyl (C=O) groups is 3. The number of nitrogens with zero attached hydrogens (tertiary/aromatic N) is 2. The lowest BCUT2D eigenvalue weighted by atomic mass is 9.83. The number of amides is 1. The molecular formula is C21H19F3N2O5. The number of alkyl halides is 3. The smallest absolute Gasteiger partial charge is 0.416 e. The first kappa shape index (κ1) is 22.3. The van der Waals surface area contributed by atoms with Crippen LogP contribution in [0.5, 0.6) is 0 Å². The number of carbonyl (C=O) groups excluding carboxylic acids is 1. The molecule has 0 saturated carbocycles. The van der Waals surface area contributed by atoms with Crippen molar-refractivity contribution in [2.24, 2.45) is 11.8 Å². The SMILES string of the molecule is C=CC(C(=O)O)C1=C(C(C=C)C(=O)O)N2C(=O)CCN2C1c1ccccc1C(F)(F)F. The Labute approximate surface area is 175 Å². The summed E-state index contributed by atoms with van der Waals surface area (Å²) in [5.41, 5.74) is -1.64. The maximum Gasteiger partial charge on any atom is 0.416 e. The number of rotatable bonds is 7. The van der Waals surface area contributed by atoms with E-state index in [2.05, 4.69) is 13.2 Å². The van der Waals surface area contributed by atoms with Crippen LogP contribution in [0.25, 0.3) is 0 Å². The van der Waals surface area contributed by atoms with Gasteiger partial charge in [0.2, 0.25) is 5.91 Å². The summed E-state index contributed by atoms with van der Waals surface area (Å²) >= 11 is 0. The number of fused-ring (bicyclic) bond motifs is 1. The van der Waals surface area contributed by atoms with Gasteiger partial charge in [0, 0.05) is 13.0 Å². The molecule has 10 heteroatoms. The summed E-state index contributed by atoms with van der Waals surface area (Å²) in [5, 5.41) is 21.7. The van der Waals surface area contributed by atoms with E-state index >= 15 is 0 Å². The minimum absolute atomic E-state index is 0.00431. The molecule has 0 bridgehead atoms. The van der Waals surface area contributed by atoms with Crippen molar-refractivity contribution < 1.29 is 37.8 Å². The van der Waals surface area contributed by atoms with E-state index in [-0.39, 0.29) is 29.8 Å². The van der Waals surface area contributed by atoms with Gasteiger partial charge in [-0.2, -0.15) is 13.2 Å². The Morgan fingerprint density at radius 3 is 2.19 bits per heavy atom. The number of hydrogen-bond donors (Lipinski definition) is 2. The van der Waals surface area contributed by atoms with Crippen molar-refractivity contribution in [3.8, 4) is 0 Å². The van der Waals surface area contributed by atoms with Crippen molar-refractivity contribution in [3.05, 3.63) is 72.0 Å². The van der Waals surface area contributed by atoms with Gasteiger partial charge in [0.05, 0.1) is 23.2 Å². The molecule has 1 aromatic carbocycles. The molecule has 1 fully saturated rings. The van der Waals surface area contributed by atoms with Crippen molar-refractivity contribution in [1.29, 1.82) is 0 Å². The van der Waals surface area contributed by atoms with E-state index in [9.17, 15) is 37.8 Å².